The minimum atomic E-state index is -0.488. The van der Waals surface area contributed by atoms with Crippen LogP contribution in [0.15, 0.2) is 6.20 Å². The zero-order chi connectivity index (χ0) is 10.7. The Hall–Kier alpha value is -0.940. The predicted molar refractivity (Wildman–Crippen MR) is 54.4 cm³/mol. The molecule has 0 spiro atoms. The zero-order valence-corrected chi connectivity index (χ0v) is 8.80. The van der Waals surface area contributed by atoms with Crippen molar-refractivity contribution in [2.45, 2.75) is 6.42 Å². The van der Waals surface area contributed by atoms with Gasteiger partial charge in [0.05, 0.1) is 12.8 Å². The number of hydrogen-bond acceptors (Lipinski definition) is 4. The number of rotatable bonds is 3. The molecule has 0 amide bonds. The van der Waals surface area contributed by atoms with Gasteiger partial charge in [-0.3, -0.25) is 0 Å². The Kier molecular flexibility index (Phi) is 3.33. The lowest BCUT2D eigenvalue weighted by molar-refractivity contribution is 0.187. The number of hydrogen-bond donors (Lipinski definition) is 1. The summed E-state index contributed by atoms with van der Waals surface area (Å²) in [6.07, 6.45) is 2.05. The number of aromatic nitrogens is 2. The Morgan fingerprint density at radius 1 is 1.67 bits per heavy atom. The van der Waals surface area contributed by atoms with Crippen LogP contribution in [0.4, 0.5) is 10.2 Å². The third kappa shape index (κ3) is 2.76. The van der Waals surface area contributed by atoms with Gasteiger partial charge in [-0.25, -0.2) is 9.37 Å². The second-order valence-corrected chi connectivity index (χ2v) is 3.78. The number of ether oxygens (including phenoxy) is 1. The van der Waals surface area contributed by atoms with Gasteiger partial charge >= 0.3 is 0 Å². The van der Waals surface area contributed by atoms with E-state index in [2.05, 4.69) is 15.3 Å². The van der Waals surface area contributed by atoms with Crippen molar-refractivity contribution < 1.29 is 9.13 Å². The van der Waals surface area contributed by atoms with Gasteiger partial charge in [-0.2, -0.15) is 4.98 Å². The fourth-order valence-electron chi connectivity index (χ4n) is 1.45. The fourth-order valence-corrected chi connectivity index (χ4v) is 1.59. The third-order valence-corrected chi connectivity index (χ3v) is 2.48. The monoisotopic (exact) mass is 231 g/mol. The van der Waals surface area contributed by atoms with Gasteiger partial charge in [0.2, 0.25) is 5.28 Å². The third-order valence-electron chi connectivity index (χ3n) is 2.30. The highest BCUT2D eigenvalue weighted by atomic mass is 35.5. The fraction of sp³-hybridized carbons (Fsp3) is 0.556. The number of halogens is 2. The molecule has 0 aliphatic carbocycles. The topological polar surface area (TPSA) is 47.0 Å². The van der Waals surface area contributed by atoms with E-state index in [1.807, 2.05) is 0 Å². The van der Waals surface area contributed by atoms with E-state index in [1.54, 1.807) is 0 Å². The van der Waals surface area contributed by atoms with Gasteiger partial charge in [-0.05, 0) is 18.0 Å². The molecule has 15 heavy (non-hydrogen) atoms. The van der Waals surface area contributed by atoms with E-state index in [0.717, 1.165) is 19.2 Å². The second-order valence-electron chi connectivity index (χ2n) is 3.45. The summed E-state index contributed by atoms with van der Waals surface area (Å²) >= 11 is 5.56. The standard InChI is InChI=1S/C9H11ClFN3O/c10-9-13-4-7(11)8(14-9)12-3-6-1-2-15-5-6/h4,6H,1-3,5H2,(H,12,13,14). The molecular formula is C9H11ClFN3O. The van der Waals surface area contributed by atoms with E-state index in [9.17, 15) is 4.39 Å². The van der Waals surface area contributed by atoms with Gasteiger partial charge < -0.3 is 10.1 Å². The average Bonchev–Trinajstić information content (AvgIpc) is 2.72. The minimum absolute atomic E-state index is 0.0431. The summed E-state index contributed by atoms with van der Waals surface area (Å²) in [4.78, 5) is 7.29. The SMILES string of the molecule is Fc1cnc(Cl)nc1NCC1CCOC1. The Morgan fingerprint density at radius 3 is 3.27 bits per heavy atom. The van der Waals surface area contributed by atoms with Gasteiger partial charge in [-0.1, -0.05) is 0 Å². The van der Waals surface area contributed by atoms with Crippen LogP contribution < -0.4 is 5.32 Å². The molecule has 0 saturated carbocycles. The van der Waals surface area contributed by atoms with Crippen LogP contribution in [0.25, 0.3) is 0 Å². The van der Waals surface area contributed by atoms with Gasteiger partial charge in [0.1, 0.15) is 0 Å². The highest BCUT2D eigenvalue weighted by Crippen LogP contribution is 2.16. The number of anilines is 1. The van der Waals surface area contributed by atoms with E-state index >= 15 is 0 Å². The van der Waals surface area contributed by atoms with E-state index in [4.69, 9.17) is 16.3 Å². The Labute approximate surface area is 91.8 Å². The molecule has 1 unspecified atom stereocenters. The maximum atomic E-state index is 13.2. The van der Waals surface area contributed by atoms with Crippen LogP contribution in [0.2, 0.25) is 5.28 Å². The van der Waals surface area contributed by atoms with Crippen LogP contribution in [-0.2, 0) is 4.74 Å². The average molecular weight is 232 g/mol. The quantitative estimate of drug-likeness (QED) is 0.805. The lowest BCUT2D eigenvalue weighted by Gasteiger charge is -2.10. The van der Waals surface area contributed by atoms with Crippen molar-refractivity contribution in [2.75, 3.05) is 25.1 Å². The molecule has 0 bridgehead atoms. The van der Waals surface area contributed by atoms with E-state index < -0.39 is 5.82 Å². The minimum Gasteiger partial charge on any atom is -0.381 e. The summed E-state index contributed by atoms with van der Waals surface area (Å²) in [6.45, 7) is 2.14. The summed E-state index contributed by atoms with van der Waals surface area (Å²) in [5.41, 5.74) is 0. The van der Waals surface area contributed by atoms with Crippen molar-refractivity contribution in [2.24, 2.45) is 5.92 Å². The van der Waals surface area contributed by atoms with Gasteiger partial charge in [0.15, 0.2) is 11.6 Å². The van der Waals surface area contributed by atoms with E-state index in [-0.39, 0.29) is 11.1 Å². The maximum Gasteiger partial charge on any atom is 0.224 e. The Balaban J connectivity index is 1.94. The Morgan fingerprint density at radius 2 is 2.53 bits per heavy atom. The van der Waals surface area contributed by atoms with Crippen LogP contribution in [0.5, 0.6) is 0 Å². The predicted octanol–water partition coefficient (Wildman–Crippen LogP) is 1.72. The first-order valence-electron chi connectivity index (χ1n) is 4.75. The van der Waals surface area contributed by atoms with Crippen molar-refractivity contribution in [3.63, 3.8) is 0 Å². The molecule has 0 radical (unpaired) electrons. The molecular weight excluding hydrogens is 221 g/mol. The van der Waals surface area contributed by atoms with Crippen molar-refractivity contribution in [1.82, 2.24) is 9.97 Å². The first kappa shape index (κ1) is 10.6. The summed E-state index contributed by atoms with van der Waals surface area (Å²) in [5, 5.41) is 2.95. The molecule has 1 N–H and O–H groups in total. The van der Waals surface area contributed by atoms with Crippen LogP contribution in [0, 0.1) is 11.7 Å². The molecule has 4 nitrogen and oxygen atoms in total. The van der Waals surface area contributed by atoms with E-state index in [0.29, 0.717) is 19.1 Å². The lowest BCUT2D eigenvalue weighted by atomic mass is 10.1. The molecule has 2 heterocycles. The molecule has 1 atom stereocenters. The second kappa shape index (κ2) is 4.72. The van der Waals surface area contributed by atoms with Crippen LogP contribution in [0.3, 0.4) is 0 Å². The van der Waals surface area contributed by atoms with Gasteiger partial charge in [-0.15, -0.1) is 0 Å². The summed E-state index contributed by atoms with van der Waals surface area (Å²) < 4.78 is 18.4. The van der Waals surface area contributed by atoms with Crippen LogP contribution in [-0.4, -0.2) is 29.7 Å². The summed E-state index contributed by atoms with van der Waals surface area (Å²) in [7, 11) is 0. The van der Waals surface area contributed by atoms with Gasteiger partial charge in [0, 0.05) is 19.1 Å². The maximum absolute atomic E-state index is 13.2. The van der Waals surface area contributed by atoms with Crippen LogP contribution >= 0.6 is 11.6 Å². The zero-order valence-electron chi connectivity index (χ0n) is 8.04. The highest BCUT2D eigenvalue weighted by molar-refractivity contribution is 6.28. The molecule has 1 aromatic heterocycles. The van der Waals surface area contributed by atoms with Crippen molar-refractivity contribution >= 4 is 17.4 Å². The molecule has 0 aromatic carbocycles. The van der Waals surface area contributed by atoms with Crippen molar-refractivity contribution in [3.8, 4) is 0 Å². The first-order chi connectivity index (χ1) is 7.25. The number of nitrogens with zero attached hydrogens (tertiary/aromatic N) is 2. The highest BCUT2D eigenvalue weighted by Gasteiger charge is 2.16. The summed E-state index contributed by atoms with van der Waals surface area (Å²) in [5.74, 6) is 0.0818. The first-order valence-corrected chi connectivity index (χ1v) is 5.13. The van der Waals surface area contributed by atoms with Gasteiger partial charge in [0.25, 0.3) is 0 Å². The molecule has 82 valence electrons. The normalized spacial score (nSPS) is 20.5. The molecule has 1 fully saturated rings. The largest absolute Gasteiger partial charge is 0.381 e. The smallest absolute Gasteiger partial charge is 0.224 e. The Bertz CT molecular complexity index is 344. The van der Waals surface area contributed by atoms with E-state index in [1.165, 1.54) is 0 Å². The molecule has 6 heteroatoms. The lowest BCUT2D eigenvalue weighted by Crippen LogP contribution is -2.15. The molecule has 1 aliphatic rings. The summed E-state index contributed by atoms with van der Waals surface area (Å²) in [6, 6.07) is 0. The molecule has 2 rings (SSSR count). The molecule has 1 saturated heterocycles. The molecule has 1 aliphatic heterocycles. The van der Waals surface area contributed by atoms with Crippen molar-refractivity contribution in [3.05, 3.63) is 17.3 Å². The number of nitrogens with one attached hydrogen (secondary N) is 1. The molecule has 1 aromatic rings. The van der Waals surface area contributed by atoms with Crippen molar-refractivity contribution in [1.29, 1.82) is 0 Å². The van der Waals surface area contributed by atoms with Crippen LogP contribution in [0.1, 0.15) is 6.42 Å².